The Bertz CT molecular complexity index is 184. The van der Waals surface area contributed by atoms with Crippen LogP contribution < -0.4 is 5.73 Å². The minimum absolute atomic E-state index is 0.0798. The summed E-state index contributed by atoms with van der Waals surface area (Å²) in [6.45, 7) is 0. The fraction of sp³-hybridized carbons (Fsp3) is 0.889. The van der Waals surface area contributed by atoms with E-state index in [0.717, 1.165) is 25.7 Å². The van der Waals surface area contributed by atoms with Crippen molar-refractivity contribution in [3.63, 3.8) is 0 Å². The van der Waals surface area contributed by atoms with Gasteiger partial charge in [0.2, 0.25) is 0 Å². The fourth-order valence-electron chi connectivity index (χ4n) is 1.92. The van der Waals surface area contributed by atoms with Crippen LogP contribution in [-0.2, 0) is 9.53 Å². The van der Waals surface area contributed by atoms with Crippen LogP contribution in [0, 0.1) is 5.92 Å². The third kappa shape index (κ3) is 2.67. The van der Waals surface area contributed by atoms with Crippen molar-refractivity contribution in [3.05, 3.63) is 0 Å². The Labute approximate surface area is 78.1 Å². The van der Waals surface area contributed by atoms with Crippen molar-refractivity contribution in [2.24, 2.45) is 11.7 Å². The van der Waals surface area contributed by atoms with E-state index in [0.29, 0.717) is 0 Å². The summed E-state index contributed by atoms with van der Waals surface area (Å²) in [6.07, 6.45) is 3.94. The zero-order valence-electron chi connectivity index (χ0n) is 7.90. The van der Waals surface area contributed by atoms with E-state index < -0.39 is 12.0 Å². The van der Waals surface area contributed by atoms with Gasteiger partial charge >= 0.3 is 5.97 Å². The van der Waals surface area contributed by atoms with Crippen LogP contribution in [0.5, 0.6) is 0 Å². The minimum atomic E-state index is -0.901. The molecule has 1 saturated carbocycles. The highest BCUT2D eigenvalue weighted by Gasteiger charge is 2.29. The first-order valence-corrected chi connectivity index (χ1v) is 4.66. The van der Waals surface area contributed by atoms with E-state index in [1.165, 1.54) is 0 Å². The van der Waals surface area contributed by atoms with Gasteiger partial charge in [0.15, 0.2) is 0 Å². The lowest BCUT2D eigenvalue weighted by Crippen LogP contribution is -2.41. The summed E-state index contributed by atoms with van der Waals surface area (Å²) in [5, 5.41) is 8.73. The van der Waals surface area contributed by atoms with Crippen molar-refractivity contribution in [3.8, 4) is 0 Å². The second-order valence-corrected chi connectivity index (χ2v) is 3.65. The van der Waals surface area contributed by atoms with Crippen LogP contribution in [0.25, 0.3) is 0 Å². The largest absolute Gasteiger partial charge is 0.480 e. The zero-order valence-corrected chi connectivity index (χ0v) is 7.90. The van der Waals surface area contributed by atoms with E-state index in [9.17, 15) is 4.79 Å². The SMILES string of the molecule is CO[C@@H]1CCC[C@@H]([C@H](N)C(=O)O)C1. The van der Waals surface area contributed by atoms with Crippen molar-refractivity contribution in [1.82, 2.24) is 0 Å². The molecule has 0 aromatic rings. The molecule has 1 aliphatic rings. The van der Waals surface area contributed by atoms with Gasteiger partial charge in [-0.05, 0) is 25.2 Å². The Kier molecular flexibility index (Phi) is 3.69. The number of nitrogens with two attached hydrogens (primary N) is 1. The molecule has 0 radical (unpaired) electrons. The zero-order chi connectivity index (χ0) is 9.84. The Morgan fingerprint density at radius 3 is 2.85 bits per heavy atom. The van der Waals surface area contributed by atoms with E-state index in [-0.39, 0.29) is 12.0 Å². The van der Waals surface area contributed by atoms with Gasteiger partial charge in [-0.2, -0.15) is 0 Å². The molecule has 0 spiro atoms. The summed E-state index contributed by atoms with van der Waals surface area (Å²) in [6, 6.07) is -0.724. The number of hydrogen-bond acceptors (Lipinski definition) is 3. The molecule has 0 unspecified atom stereocenters. The Morgan fingerprint density at radius 2 is 2.31 bits per heavy atom. The molecule has 4 nitrogen and oxygen atoms in total. The first-order valence-electron chi connectivity index (χ1n) is 4.66. The van der Waals surface area contributed by atoms with Crippen molar-refractivity contribution in [2.75, 3.05) is 7.11 Å². The maximum Gasteiger partial charge on any atom is 0.320 e. The van der Waals surface area contributed by atoms with E-state index >= 15 is 0 Å². The van der Waals surface area contributed by atoms with Crippen LogP contribution >= 0.6 is 0 Å². The third-order valence-corrected chi connectivity index (χ3v) is 2.79. The molecule has 1 fully saturated rings. The summed E-state index contributed by atoms with van der Waals surface area (Å²) in [5.41, 5.74) is 5.55. The highest BCUT2D eigenvalue weighted by Crippen LogP contribution is 2.27. The van der Waals surface area contributed by atoms with Crippen LogP contribution in [0.2, 0.25) is 0 Å². The van der Waals surface area contributed by atoms with Gasteiger partial charge in [-0.25, -0.2) is 0 Å². The standard InChI is InChI=1S/C9H17NO3/c1-13-7-4-2-3-6(5-7)8(10)9(11)12/h6-8H,2-5,10H2,1H3,(H,11,12)/t6-,7-,8+/m1/s1. The number of ether oxygens (including phenoxy) is 1. The van der Waals surface area contributed by atoms with Crippen molar-refractivity contribution in [1.29, 1.82) is 0 Å². The summed E-state index contributed by atoms with van der Waals surface area (Å²) in [7, 11) is 1.67. The quantitative estimate of drug-likeness (QED) is 0.678. The van der Waals surface area contributed by atoms with Gasteiger partial charge in [0.05, 0.1) is 6.10 Å². The molecule has 0 aliphatic heterocycles. The first kappa shape index (κ1) is 10.5. The average Bonchev–Trinajstić information content (AvgIpc) is 2.16. The number of hydrogen-bond donors (Lipinski definition) is 2. The number of carbonyl (C=O) groups is 1. The molecular weight excluding hydrogens is 170 g/mol. The van der Waals surface area contributed by atoms with Gasteiger partial charge in [0.1, 0.15) is 6.04 Å². The lowest BCUT2D eigenvalue weighted by Gasteiger charge is -2.30. The van der Waals surface area contributed by atoms with Gasteiger partial charge in [0.25, 0.3) is 0 Å². The molecule has 0 saturated heterocycles. The molecule has 76 valence electrons. The second-order valence-electron chi connectivity index (χ2n) is 3.65. The smallest absolute Gasteiger partial charge is 0.320 e. The van der Waals surface area contributed by atoms with Gasteiger partial charge in [-0.15, -0.1) is 0 Å². The molecule has 4 heteroatoms. The van der Waals surface area contributed by atoms with Crippen molar-refractivity contribution >= 4 is 5.97 Å². The topological polar surface area (TPSA) is 72.5 Å². The normalized spacial score (nSPS) is 31.2. The van der Waals surface area contributed by atoms with Crippen LogP contribution in [0.4, 0.5) is 0 Å². The second kappa shape index (κ2) is 4.58. The lowest BCUT2D eigenvalue weighted by atomic mass is 9.82. The van der Waals surface area contributed by atoms with Gasteiger partial charge in [-0.3, -0.25) is 4.79 Å². The Morgan fingerprint density at radius 1 is 1.62 bits per heavy atom. The van der Waals surface area contributed by atoms with E-state index in [1.807, 2.05) is 0 Å². The number of methoxy groups -OCH3 is 1. The third-order valence-electron chi connectivity index (χ3n) is 2.79. The molecular formula is C9H17NO3. The fourth-order valence-corrected chi connectivity index (χ4v) is 1.92. The summed E-state index contributed by atoms with van der Waals surface area (Å²) in [5.74, 6) is -0.821. The molecule has 13 heavy (non-hydrogen) atoms. The van der Waals surface area contributed by atoms with Crippen LogP contribution in [0.15, 0.2) is 0 Å². The molecule has 1 rings (SSSR count). The van der Waals surface area contributed by atoms with E-state index in [2.05, 4.69) is 0 Å². The van der Waals surface area contributed by atoms with Crippen molar-refractivity contribution < 1.29 is 14.6 Å². The maximum absolute atomic E-state index is 10.6. The van der Waals surface area contributed by atoms with Gasteiger partial charge < -0.3 is 15.6 Å². The number of carboxylic acids is 1. The number of aliphatic carboxylic acids is 1. The molecule has 3 atom stereocenters. The van der Waals surface area contributed by atoms with Crippen molar-refractivity contribution in [2.45, 2.75) is 37.8 Å². The van der Waals surface area contributed by atoms with Crippen LogP contribution in [0.3, 0.4) is 0 Å². The molecule has 3 N–H and O–H groups in total. The first-order chi connectivity index (χ1) is 6.15. The van der Waals surface area contributed by atoms with E-state index in [4.69, 9.17) is 15.6 Å². The monoisotopic (exact) mass is 187 g/mol. The Hall–Kier alpha value is -0.610. The minimum Gasteiger partial charge on any atom is -0.480 e. The summed E-state index contributed by atoms with van der Waals surface area (Å²) in [4.78, 5) is 10.6. The molecule has 0 aromatic heterocycles. The molecule has 0 bridgehead atoms. The Balaban J connectivity index is 2.46. The summed E-state index contributed by atoms with van der Waals surface area (Å²) >= 11 is 0. The van der Waals surface area contributed by atoms with Gasteiger partial charge in [0, 0.05) is 7.11 Å². The molecule has 0 aromatic carbocycles. The molecule has 0 amide bonds. The van der Waals surface area contributed by atoms with E-state index in [1.54, 1.807) is 7.11 Å². The highest BCUT2D eigenvalue weighted by molar-refractivity contribution is 5.73. The average molecular weight is 187 g/mol. The van der Waals surface area contributed by atoms with Crippen LogP contribution in [0.1, 0.15) is 25.7 Å². The highest BCUT2D eigenvalue weighted by atomic mass is 16.5. The summed E-state index contributed by atoms with van der Waals surface area (Å²) < 4.78 is 5.20. The molecule has 1 aliphatic carbocycles. The maximum atomic E-state index is 10.6. The predicted octanol–water partition coefficient (Wildman–Crippen LogP) is 0.603. The lowest BCUT2D eigenvalue weighted by molar-refractivity contribution is -0.140. The van der Waals surface area contributed by atoms with Gasteiger partial charge in [-0.1, -0.05) is 6.42 Å². The number of carboxylic acid groups (broad SMARTS) is 1. The predicted molar refractivity (Wildman–Crippen MR) is 48.4 cm³/mol. The molecule has 0 heterocycles. The number of rotatable bonds is 3. The van der Waals surface area contributed by atoms with Crippen LogP contribution in [-0.4, -0.2) is 30.3 Å².